The van der Waals surface area contributed by atoms with Crippen molar-refractivity contribution in [2.24, 2.45) is 4.99 Å². The molecule has 0 saturated heterocycles. The Kier molecular flexibility index (Phi) is 4.41. The van der Waals surface area contributed by atoms with E-state index in [2.05, 4.69) is 4.99 Å². The van der Waals surface area contributed by atoms with Gasteiger partial charge in [-0.15, -0.1) is 0 Å². The maximum atomic E-state index is 9.52. The Bertz CT molecular complexity index is 94.3. The molecule has 0 saturated carbocycles. The number of hydrogen-bond donors (Lipinski definition) is 0. The SMILES string of the molecule is C/C=N\C=C\C=O. The lowest BCUT2D eigenvalue weighted by Crippen LogP contribution is -1.57. The van der Waals surface area contributed by atoms with Gasteiger partial charge in [0.05, 0.1) is 0 Å². The first-order chi connectivity index (χ1) is 3.41. The van der Waals surface area contributed by atoms with Crippen molar-refractivity contribution in [3.05, 3.63) is 12.3 Å². The average Bonchev–Trinajstić information content (AvgIpc) is 1.69. The molecule has 0 amide bonds. The molecule has 38 valence electrons. The highest BCUT2D eigenvalue weighted by molar-refractivity contribution is 5.65. The molecule has 0 atom stereocenters. The number of allylic oxidation sites excluding steroid dienone is 1. The summed E-state index contributed by atoms with van der Waals surface area (Å²) in [6, 6.07) is 0. The van der Waals surface area contributed by atoms with Crippen molar-refractivity contribution < 1.29 is 4.79 Å². The smallest absolute Gasteiger partial charge is 0.144 e. The zero-order valence-electron chi connectivity index (χ0n) is 4.16. The second-order valence-electron chi connectivity index (χ2n) is 0.885. The molecule has 0 radical (unpaired) electrons. The van der Waals surface area contributed by atoms with Crippen molar-refractivity contribution in [3.8, 4) is 0 Å². The molecule has 0 heterocycles. The first kappa shape index (κ1) is 6.08. The van der Waals surface area contributed by atoms with Crippen LogP contribution in [0.15, 0.2) is 17.3 Å². The second-order valence-corrected chi connectivity index (χ2v) is 0.885. The summed E-state index contributed by atoms with van der Waals surface area (Å²) >= 11 is 0. The molecule has 0 rings (SSSR count). The number of aldehydes is 1. The summed E-state index contributed by atoms with van der Waals surface area (Å²) in [5.41, 5.74) is 0. The molecule has 0 aromatic rings. The summed E-state index contributed by atoms with van der Waals surface area (Å²) in [5, 5.41) is 0. The molecule has 0 aromatic heterocycles. The number of carbonyl (C=O) groups is 1. The summed E-state index contributed by atoms with van der Waals surface area (Å²) < 4.78 is 0. The van der Waals surface area contributed by atoms with E-state index < -0.39 is 0 Å². The molecule has 0 aliphatic carbocycles. The third-order valence-corrected chi connectivity index (χ3v) is 0.400. The van der Waals surface area contributed by atoms with Crippen molar-refractivity contribution in [2.45, 2.75) is 6.92 Å². The molecule has 0 aromatic carbocycles. The van der Waals surface area contributed by atoms with Gasteiger partial charge in [-0.1, -0.05) is 0 Å². The molecule has 0 fully saturated rings. The van der Waals surface area contributed by atoms with E-state index in [4.69, 9.17) is 0 Å². The minimum absolute atomic E-state index is 0.688. The third-order valence-electron chi connectivity index (χ3n) is 0.400. The Morgan fingerprint density at radius 3 is 2.71 bits per heavy atom. The van der Waals surface area contributed by atoms with Crippen LogP contribution < -0.4 is 0 Å². The Labute approximate surface area is 42.6 Å². The largest absolute Gasteiger partial charge is 0.299 e. The Hall–Kier alpha value is -0.920. The Balaban J connectivity index is 3.27. The molecule has 0 spiro atoms. The molecule has 0 aliphatic heterocycles. The minimum atomic E-state index is 0.688. The zero-order valence-corrected chi connectivity index (χ0v) is 4.16. The highest BCUT2D eigenvalue weighted by Gasteiger charge is 1.56. The predicted octanol–water partition coefficient (Wildman–Crippen LogP) is 0.790. The lowest BCUT2D eigenvalue weighted by atomic mass is 10.7. The van der Waals surface area contributed by atoms with Crippen LogP contribution in [-0.2, 0) is 4.79 Å². The van der Waals surface area contributed by atoms with Crippen LogP contribution in [0.2, 0.25) is 0 Å². The van der Waals surface area contributed by atoms with Crippen LogP contribution in [0.1, 0.15) is 6.92 Å². The van der Waals surface area contributed by atoms with Crippen molar-refractivity contribution in [3.63, 3.8) is 0 Å². The van der Waals surface area contributed by atoms with Crippen LogP contribution in [0.5, 0.6) is 0 Å². The van der Waals surface area contributed by atoms with Crippen molar-refractivity contribution in [1.82, 2.24) is 0 Å². The van der Waals surface area contributed by atoms with Gasteiger partial charge in [-0.25, -0.2) is 0 Å². The molecule has 7 heavy (non-hydrogen) atoms. The predicted molar refractivity (Wildman–Crippen MR) is 29.4 cm³/mol. The van der Waals surface area contributed by atoms with E-state index in [-0.39, 0.29) is 0 Å². The molecule has 0 unspecified atom stereocenters. The minimum Gasteiger partial charge on any atom is -0.299 e. The number of carbonyl (C=O) groups excluding carboxylic acids is 1. The van der Waals surface area contributed by atoms with Gasteiger partial charge >= 0.3 is 0 Å². The summed E-state index contributed by atoms with van der Waals surface area (Å²) in [6.45, 7) is 1.79. The fourth-order valence-electron chi connectivity index (χ4n) is 0.171. The van der Waals surface area contributed by atoms with Gasteiger partial charge in [0.2, 0.25) is 0 Å². The van der Waals surface area contributed by atoms with E-state index in [1.807, 2.05) is 0 Å². The Morgan fingerprint density at radius 2 is 2.29 bits per heavy atom. The van der Waals surface area contributed by atoms with Crippen LogP contribution in [0, 0.1) is 0 Å². The van der Waals surface area contributed by atoms with Gasteiger partial charge in [-0.2, -0.15) is 0 Å². The van der Waals surface area contributed by atoms with Crippen LogP contribution in [0.25, 0.3) is 0 Å². The van der Waals surface area contributed by atoms with E-state index in [0.717, 1.165) is 0 Å². The first-order valence-corrected chi connectivity index (χ1v) is 2.00. The molecular weight excluding hydrogens is 90.1 g/mol. The van der Waals surface area contributed by atoms with Gasteiger partial charge in [0.15, 0.2) is 0 Å². The van der Waals surface area contributed by atoms with Crippen molar-refractivity contribution in [2.75, 3.05) is 0 Å². The van der Waals surface area contributed by atoms with Gasteiger partial charge in [-0.3, -0.25) is 9.79 Å². The van der Waals surface area contributed by atoms with Crippen LogP contribution >= 0.6 is 0 Å². The maximum Gasteiger partial charge on any atom is 0.144 e. The van der Waals surface area contributed by atoms with E-state index in [1.54, 1.807) is 13.1 Å². The summed E-state index contributed by atoms with van der Waals surface area (Å²) in [6.07, 6.45) is 5.07. The molecule has 0 aliphatic rings. The Morgan fingerprint density at radius 1 is 1.57 bits per heavy atom. The highest BCUT2D eigenvalue weighted by atomic mass is 16.1. The zero-order chi connectivity index (χ0) is 5.54. The number of aliphatic imine (C=N–C) groups is 1. The van der Waals surface area contributed by atoms with Crippen molar-refractivity contribution in [1.29, 1.82) is 0 Å². The standard InChI is InChI=1S/C5H7NO/c1-2-6-4-3-5-7/h2-5H,1H3/b4-3+,6-2-. The molecule has 0 bridgehead atoms. The van der Waals surface area contributed by atoms with E-state index >= 15 is 0 Å². The van der Waals surface area contributed by atoms with E-state index in [1.165, 1.54) is 12.3 Å². The lowest BCUT2D eigenvalue weighted by molar-refractivity contribution is -0.104. The fraction of sp³-hybridized carbons (Fsp3) is 0.200. The van der Waals surface area contributed by atoms with E-state index in [9.17, 15) is 4.79 Å². The van der Waals surface area contributed by atoms with E-state index in [0.29, 0.717) is 6.29 Å². The van der Waals surface area contributed by atoms with Crippen LogP contribution in [0.3, 0.4) is 0 Å². The molecule has 2 nitrogen and oxygen atoms in total. The van der Waals surface area contributed by atoms with Gasteiger partial charge in [0.1, 0.15) is 6.29 Å². The summed E-state index contributed by atoms with van der Waals surface area (Å²) in [4.78, 5) is 13.1. The molecular formula is C5H7NO. The summed E-state index contributed by atoms with van der Waals surface area (Å²) in [7, 11) is 0. The van der Waals surface area contributed by atoms with Gasteiger partial charge in [0, 0.05) is 12.4 Å². The van der Waals surface area contributed by atoms with Gasteiger partial charge in [-0.05, 0) is 13.0 Å². The fourth-order valence-corrected chi connectivity index (χ4v) is 0.171. The second kappa shape index (κ2) is 5.08. The molecule has 0 N–H and O–H groups in total. The topological polar surface area (TPSA) is 29.4 Å². The number of hydrogen-bond acceptors (Lipinski definition) is 2. The monoisotopic (exact) mass is 97.1 g/mol. The van der Waals surface area contributed by atoms with Crippen LogP contribution in [-0.4, -0.2) is 12.5 Å². The average molecular weight is 97.1 g/mol. The molecule has 2 heteroatoms. The quantitative estimate of drug-likeness (QED) is 0.284. The normalized spacial score (nSPS) is 11.0. The van der Waals surface area contributed by atoms with Gasteiger partial charge < -0.3 is 0 Å². The maximum absolute atomic E-state index is 9.52. The number of nitrogens with zero attached hydrogens (tertiary/aromatic N) is 1. The van der Waals surface area contributed by atoms with Crippen molar-refractivity contribution >= 4 is 12.5 Å². The number of rotatable bonds is 2. The van der Waals surface area contributed by atoms with Crippen LogP contribution in [0.4, 0.5) is 0 Å². The first-order valence-electron chi connectivity index (χ1n) is 2.00. The highest BCUT2D eigenvalue weighted by Crippen LogP contribution is 1.65. The summed E-state index contributed by atoms with van der Waals surface area (Å²) in [5.74, 6) is 0. The van der Waals surface area contributed by atoms with Gasteiger partial charge in [0.25, 0.3) is 0 Å². The third kappa shape index (κ3) is 5.08. The lowest BCUT2D eigenvalue weighted by Gasteiger charge is -1.64.